The Hall–Kier alpha value is -2.90. The summed E-state index contributed by atoms with van der Waals surface area (Å²) in [5.41, 5.74) is 1.57. The summed E-state index contributed by atoms with van der Waals surface area (Å²) in [6.07, 6.45) is 4.23. The van der Waals surface area contributed by atoms with Crippen molar-refractivity contribution in [3.63, 3.8) is 0 Å². The summed E-state index contributed by atoms with van der Waals surface area (Å²) in [7, 11) is 0. The summed E-state index contributed by atoms with van der Waals surface area (Å²) in [6, 6.07) is 10.5. The highest BCUT2D eigenvalue weighted by Gasteiger charge is 2.22. The van der Waals surface area contributed by atoms with Crippen molar-refractivity contribution in [1.82, 2.24) is 15.6 Å². The zero-order valence-corrected chi connectivity index (χ0v) is 16.4. The number of hydrogen-bond acceptors (Lipinski definition) is 4. The van der Waals surface area contributed by atoms with Gasteiger partial charge in [-0.05, 0) is 37.3 Å². The largest absolute Gasteiger partial charge is 0.477 e. The molecule has 1 aromatic carbocycles. The van der Waals surface area contributed by atoms with Gasteiger partial charge in [-0.15, -0.1) is 0 Å². The number of nitrogens with one attached hydrogen (secondary N) is 2. The molecule has 6 nitrogen and oxygen atoms in total. The molecule has 0 atom stereocenters. The third-order valence-corrected chi connectivity index (χ3v) is 4.36. The maximum absolute atomic E-state index is 12.6. The van der Waals surface area contributed by atoms with Crippen LogP contribution in [0.15, 0.2) is 47.6 Å². The lowest BCUT2D eigenvalue weighted by Gasteiger charge is -2.14. The van der Waals surface area contributed by atoms with E-state index in [0.717, 1.165) is 12.2 Å². The van der Waals surface area contributed by atoms with E-state index < -0.39 is 6.61 Å². The zero-order chi connectivity index (χ0) is 20.5. The van der Waals surface area contributed by atoms with Crippen LogP contribution in [-0.2, 0) is 13.1 Å². The number of rotatable bonds is 10. The fourth-order valence-corrected chi connectivity index (χ4v) is 2.63. The summed E-state index contributed by atoms with van der Waals surface area (Å²) in [6.45, 7) is 1.24. The van der Waals surface area contributed by atoms with E-state index in [4.69, 9.17) is 4.74 Å². The molecule has 0 saturated heterocycles. The summed E-state index contributed by atoms with van der Waals surface area (Å²) < 4.78 is 35.3. The van der Waals surface area contributed by atoms with Crippen LogP contribution in [0.3, 0.4) is 0 Å². The molecule has 0 unspecified atom stereocenters. The lowest BCUT2D eigenvalue weighted by atomic mass is 10.2. The Labute approximate surface area is 169 Å². The summed E-state index contributed by atoms with van der Waals surface area (Å²) >= 11 is 0. The van der Waals surface area contributed by atoms with Gasteiger partial charge in [0.25, 0.3) is 0 Å². The number of aromatic nitrogens is 1. The average molecular weight is 404 g/mol. The lowest BCUT2D eigenvalue weighted by Crippen LogP contribution is -2.36. The number of pyridine rings is 1. The first-order valence-corrected chi connectivity index (χ1v) is 9.76. The minimum atomic E-state index is -2.86. The number of para-hydroxylation sites is 1. The van der Waals surface area contributed by atoms with E-state index in [2.05, 4.69) is 25.3 Å². The number of aliphatic imine (C=N–C) groups is 1. The van der Waals surface area contributed by atoms with E-state index in [1.165, 1.54) is 18.9 Å². The topological polar surface area (TPSA) is 67.8 Å². The second-order valence-electron chi connectivity index (χ2n) is 6.79. The molecule has 1 fully saturated rings. The Morgan fingerprint density at radius 3 is 2.72 bits per heavy atom. The van der Waals surface area contributed by atoms with Crippen molar-refractivity contribution >= 4 is 5.96 Å². The molecule has 2 aromatic rings. The van der Waals surface area contributed by atoms with Crippen molar-refractivity contribution in [2.75, 3.05) is 13.2 Å². The van der Waals surface area contributed by atoms with E-state index in [0.29, 0.717) is 43.0 Å². The molecule has 0 amide bonds. The predicted molar refractivity (Wildman–Crippen MR) is 107 cm³/mol. The Morgan fingerprint density at radius 1 is 1.21 bits per heavy atom. The Bertz CT molecular complexity index is 796. The van der Waals surface area contributed by atoms with Crippen LogP contribution in [0.2, 0.25) is 0 Å². The Balaban J connectivity index is 1.55. The maximum Gasteiger partial charge on any atom is 0.387 e. The molecule has 1 aromatic heterocycles. The number of halogens is 2. The molecule has 1 aliphatic rings. The molecule has 156 valence electrons. The number of alkyl halides is 2. The number of nitrogens with zero attached hydrogens (tertiary/aromatic N) is 2. The fourth-order valence-electron chi connectivity index (χ4n) is 2.63. The minimum absolute atomic E-state index is 0.150. The molecule has 1 aliphatic carbocycles. The van der Waals surface area contributed by atoms with Gasteiger partial charge in [-0.3, -0.25) is 0 Å². The fraction of sp³-hybridized carbons (Fsp3) is 0.429. The van der Waals surface area contributed by atoms with Crippen molar-refractivity contribution in [3.05, 3.63) is 53.7 Å². The second-order valence-corrected chi connectivity index (χ2v) is 6.79. The quantitative estimate of drug-likeness (QED) is 0.467. The summed E-state index contributed by atoms with van der Waals surface area (Å²) in [4.78, 5) is 8.84. The maximum atomic E-state index is 12.6. The molecule has 0 radical (unpaired) electrons. The summed E-state index contributed by atoms with van der Waals surface area (Å²) in [5.74, 6) is 2.04. The molecule has 0 aliphatic heterocycles. The smallest absolute Gasteiger partial charge is 0.387 e. The predicted octanol–water partition coefficient (Wildman–Crippen LogP) is 3.73. The van der Waals surface area contributed by atoms with Gasteiger partial charge in [0, 0.05) is 30.9 Å². The first kappa shape index (κ1) is 20.8. The number of ether oxygens (including phenoxy) is 2. The van der Waals surface area contributed by atoms with Crippen LogP contribution >= 0.6 is 0 Å². The SMILES string of the molecule is CCNC(=NCc1ccc(OCC2CC2)nc1)NCc1ccccc1OC(F)F. The molecule has 29 heavy (non-hydrogen) atoms. The van der Waals surface area contributed by atoms with Crippen molar-refractivity contribution in [1.29, 1.82) is 0 Å². The zero-order valence-electron chi connectivity index (χ0n) is 16.4. The van der Waals surface area contributed by atoms with Gasteiger partial charge in [-0.25, -0.2) is 9.98 Å². The van der Waals surface area contributed by atoms with Gasteiger partial charge in [0.15, 0.2) is 5.96 Å². The van der Waals surface area contributed by atoms with Crippen molar-refractivity contribution in [2.24, 2.45) is 10.9 Å². The van der Waals surface area contributed by atoms with E-state index in [-0.39, 0.29) is 5.75 Å². The molecule has 2 N–H and O–H groups in total. The average Bonchev–Trinajstić information content (AvgIpc) is 3.54. The molecular weight excluding hydrogens is 378 g/mol. The number of guanidine groups is 1. The minimum Gasteiger partial charge on any atom is -0.477 e. The number of hydrogen-bond donors (Lipinski definition) is 2. The lowest BCUT2D eigenvalue weighted by molar-refractivity contribution is -0.0504. The van der Waals surface area contributed by atoms with E-state index in [1.54, 1.807) is 24.4 Å². The van der Waals surface area contributed by atoms with E-state index in [1.807, 2.05) is 19.1 Å². The third-order valence-electron chi connectivity index (χ3n) is 4.36. The van der Waals surface area contributed by atoms with Crippen LogP contribution in [0.25, 0.3) is 0 Å². The summed E-state index contributed by atoms with van der Waals surface area (Å²) in [5, 5.41) is 6.28. The van der Waals surface area contributed by atoms with Crippen LogP contribution in [0.5, 0.6) is 11.6 Å². The molecule has 0 spiro atoms. The van der Waals surface area contributed by atoms with Gasteiger partial charge < -0.3 is 20.1 Å². The van der Waals surface area contributed by atoms with Crippen LogP contribution < -0.4 is 20.1 Å². The Kier molecular flexibility index (Phi) is 7.61. The van der Waals surface area contributed by atoms with Crippen molar-refractivity contribution in [2.45, 2.75) is 39.5 Å². The first-order chi connectivity index (χ1) is 14.1. The van der Waals surface area contributed by atoms with Crippen molar-refractivity contribution < 1.29 is 18.3 Å². The standard InChI is InChI=1S/C21H26F2N4O2/c1-2-24-21(27-13-17-5-3-4-6-18(17)29-20(22)23)26-12-16-9-10-19(25-11-16)28-14-15-7-8-15/h3-6,9-11,15,20H,2,7-8,12-14H2,1H3,(H2,24,26,27). The van der Waals surface area contributed by atoms with Gasteiger partial charge in [0.1, 0.15) is 5.75 Å². The van der Waals surface area contributed by atoms with Gasteiger partial charge in [0.05, 0.1) is 13.2 Å². The van der Waals surface area contributed by atoms with Crippen molar-refractivity contribution in [3.8, 4) is 11.6 Å². The van der Waals surface area contributed by atoms with Gasteiger partial charge in [-0.2, -0.15) is 8.78 Å². The van der Waals surface area contributed by atoms with Crippen LogP contribution in [0.4, 0.5) is 8.78 Å². The van der Waals surface area contributed by atoms with E-state index in [9.17, 15) is 8.78 Å². The van der Waals surface area contributed by atoms with Gasteiger partial charge >= 0.3 is 6.61 Å². The molecule has 0 bridgehead atoms. The van der Waals surface area contributed by atoms with Gasteiger partial charge in [0.2, 0.25) is 5.88 Å². The third kappa shape index (κ3) is 7.21. The Morgan fingerprint density at radius 2 is 2.03 bits per heavy atom. The van der Waals surface area contributed by atoms with Crippen LogP contribution in [0, 0.1) is 5.92 Å². The highest BCUT2D eigenvalue weighted by atomic mass is 19.3. The highest BCUT2D eigenvalue weighted by molar-refractivity contribution is 5.79. The second kappa shape index (κ2) is 10.6. The molecule has 1 heterocycles. The molecular formula is C21H26F2N4O2. The highest BCUT2D eigenvalue weighted by Crippen LogP contribution is 2.29. The molecule has 8 heteroatoms. The molecule has 1 saturated carbocycles. The van der Waals surface area contributed by atoms with Crippen LogP contribution in [-0.4, -0.2) is 30.7 Å². The first-order valence-electron chi connectivity index (χ1n) is 9.76. The monoisotopic (exact) mass is 404 g/mol. The van der Waals surface area contributed by atoms with Gasteiger partial charge in [-0.1, -0.05) is 24.3 Å². The number of benzene rings is 1. The van der Waals surface area contributed by atoms with E-state index >= 15 is 0 Å². The normalized spacial score (nSPS) is 14.0. The molecule has 3 rings (SSSR count). The van der Waals surface area contributed by atoms with Crippen LogP contribution in [0.1, 0.15) is 30.9 Å².